The third kappa shape index (κ3) is 3.86. The predicted octanol–water partition coefficient (Wildman–Crippen LogP) is 0.808. The number of aromatic nitrogens is 2. The smallest absolute Gasteiger partial charge is 0.251 e. The average molecular weight is 399 g/mol. The molecule has 1 aromatic heterocycles. The second kappa shape index (κ2) is 8.12. The minimum absolute atomic E-state index is 0.00952. The van der Waals surface area contributed by atoms with E-state index in [0.29, 0.717) is 18.7 Å². The van der Waals surface area contributed by atoms with Gasteiger partial charge in [0.2, 0.25) is 5.91 Å². The SMILES string of the molecule is CCn1c(C)nc2cc(C(=O)N[C@@H]3CCC[C@@H](N4CCNC(=O)C4)[C@@H]3O)ccc21. The molecule has 8 heteroatoms. The van der Waals surface area contributed by atoms with Crippen molar-refractivity contribution in [2.75, 3.05) is 19.6 Å². The molecule has 1 aliphatic heterocycles. The van der Waals surface area contributed by atoms with E-state index in [4.69, 9.17) is 0 Å². The normalized spacial score (nSPS) is 25.8. The Hall–Kier alpha value is -2.45. The Morgan fingerprint density at radius 3 is 2.97 bits per heavy atom. The third-order valence-corrected chi connectivity index (χ3v) is 6.19. The first kappa shape index (κ1) is 19.8. The number of rotatable bonds is 4. The molecule has 3 atom stereocenters. The van der Waals surface area contributed by atoms with Crippen molar-refractivity contribution >= 4 is 22.8 Å². The van der Waals surface area contributed by atoms with Crippen LogP contribution < -0.4 is 10.6 Å². The lowest BCUT2D eigenvalue weighted by Gasteiger charge is -2.42. The number of aryl methyl sites for hydroxylation is 2. The van der Waals surface area contributed by atoms with Crippen LogP contribution in [0.4, 0.5) is 0 Å². The summed E-state index contributed by atoms with van der Waals surface area (Å²) in [5, 5.41) is 16.7. The van der Waals surface area contributed by atoms with Gasteiger partial charge in [-0.05, 0) is 51.3 Å². The molecule has 8 nitrogen and oxygen atoms in total. The minimum Gasteiger partial charge on any atom is -0.389 e. The van der Waals surface area contributed by atoms with Crippen molar-refractivity contribution in [2.24, 2.45) is 0 Å². The molecular formula is C21H29N5O3. The number of benzene rings is 1. The van der Waals surface area contributed by atoms with Crippen LogP contribution in [0.2, 0.25) is 0 Å². The molecule has 1 saturated carbocycles. The Bertz CT molecular complexity index is 924. The first-order valence-electron chi connectivity index (χ1n) is 10.4. The Kier molecular flexibility index (Phi) is 5.56. The van der Waals surface area contributed by atoms with Crippen molar-refractivity contribution < 1.29 is 14.7 Å². The molecule has 0 bridgehead atoms. The van der Waals surface area contributed by atoms with Crippen molar-refractivity contribution in [2.45, 2.75) is 57.8 Å². The van der Waals surface area contributed by atoms with Gasteiger partial charge < -0.3 is 20.3 Å². The fraction of sp³-hybridized carbons (Fsp3) is 0.571. The predicted molar refractivity (Wildman–Crippen MR) is 110 cm³/mol. The quantitative estimate of drug-likeness (QED) is 0.707. The molecule has 4 rings (SSSR count). The molecule has 0 spiro atoms. The van der Waals surface area contributed by atoms with Gasteiger partial charge in [-0.2, -0.15) is 0 Å². The van der Waals surface area contributed by atoms with Crippen LogP contribution in [-0.4, -0.2) is 69.2 Å². The molecule has 2 heterocycles. The maximum absolute atomic E-state index is 12.9. The third-order valence-electron chi connectivity index (χ3n) is 6.19. The highest BCUT2D eigenvalue weighted by molar-refractivity contribution is 5.97. The standard InChI is InChI=1S/C21H29N5O3/c1-3-26-13(2)23-16-11-14(7-8-17(16)26)21(29)24-15-5-4-6-18(20(15)28)25-10-9-22-19(27)12-25/h7-8,11,15,18,20,28H,3-6,9-10,12H2,1-2H3,(H,22,27)(H,24,29)/t15-,18-,20-/m1/s1. The van der Waals surface area contributed by atoms with Crippen LogP contribution in [0.5, 0.6) is 0 Å². The van der Waals surface area contributed by atoms with Crippen LogP contribution in [0, 0.1) is 6.92 Å². The van der Waals surface area contributed by atoms with E-state index in [1.54, 1.807) is 0 Å². The number of hydrogen-bond acceptors (Lipinski definition) is 5. The van der Waals surface area contributed by atoms with E-state index in [-0.39, 0.29) is 23.9 Å². The van der Waals surface area contributed by atoms with E-state index < -0.39 is 6.10 Å². The van der Waals surface area contributed by atoms with Crippen LogP contribution in [0.15, 0.2) is 18.2 Å². The van der Waals surface area contributed by atoms with E-state index in [9.17, 15) is 14.7 Å². The fourth-order valence-electron chi connectivity index (χ4n) is 4.70. The summed E-state index contributed by atoms with van der Waals surface area (Å²) in [5.41, 5.74) is 2.37. The lowest BCUT2D eigenvalue weighted by molar-refractivity contribution is -0.126. The molecule has 2 aliphatic rings. The summed E-state index contributed by atoms with van der Waals surface area (Å²) in [6, 6.07) is 5.13. The van der Waals surface area contributed by atoms with Gasteiger partial charge in [0.05, 0.1) is 29.7 Å². The van der Waals surface area contributed by atoms with Crippen molar-refractivity contribution in [1.29, 1.82) is 0 Å². The van der Waals surface area contributed by atoms with Gasteiger partial charge in [0, 0.05) is 31.2 Å². The summed E-state index contributed by atoms with van der Waals surface area (Å²) in [6.07, 6.45) is 1.78. The number of carbonyl (C=O) groups excluding carboxylic acids is 2. The van der Waals surface area contributed by atoms with Crippen molar-refractivity contribution in [1.82, 2.24) is 25.1 Å². The van der Waals surface area contributed by atoms with Crippen LogP contribution >= 0.6 is 0 Å². The van der Waals surface area contributed by atoms with E-state index in [0.717, 1.165) is 49.2 Å². The largest absolute Gasteiger partial charge is 0.389 e. The van der Waals surface area contributed by atoms with Crippen LogP contribution in [0.3, 0.4) is 0 Å². The summed E-state index contributed by atoms with van der Waals surface area (Å²) in [7, 11) is 0. The first-order chi connectivity index (χ1) is 14.0. The number of amides is 2. The average Bonchev–Trinajstić information content (AvgIpc) is 3.03. The molecule has 0 unspecified atom stereocenters. The maximum atomic E-state index is 12.9. The zero-order valence-corrected chi connectivity index (χ0v) is 17.0. The summed E-state index contributed by atoms with van der Waals surface area (Å²) in [5.74, 6) is 0.720. The van der Waals surface area contributed by atoms with Crippen LogP contribution in [0.1, 0.15) is 42.4 Å². The second-order valence-electron chi connectivity index (χ2n) is 8.00. The van der Waals surface area contributed by atoms with Gasteiger partial charge in [-0.3, -0.25) is 14.5 Å². The van der Waals surface area contributed by atoms with Gasteiger partial charge in [-0.25, -0.2) is 4.98 Å². The van der Waals surface area contributed by atoms with Gasteiger partial charge in [-0.1, -0.05) is 0 Å². The first-order valence-corrected chi connectivity index (χ1v) is 10.4. The van der Waals surface area contributed by atoms with Gasteiger partial charge >= 0.3 is 0 Å². The molecule has 2 amide bonds. The number of carbonyl (C=O) groups is 2. The van der Waals surface area contributed by atoms with Gasteiger partial charge in [0.15, 0.2) is 0 Å². The lowest BCUT2D eigenvalue weighted by Crippen LogP contribution is -2.60. The highest BCUT2D eigenvalue weighted by Crippen LogP contribution is 2.25. The van der Waals surface area contributed by atoms with Gasteiger partial charge in [0.1, 0.15) is 5.82 Å². The molecule has 0 radical (unpaired) electrons. The van der Waals surface area contributed by atoms with Crippen molar-refractivity contribution in [3.63, 3.8) is 0 Å². The zero-order valence-electron chi connectivity index (χ0n) is 17.0. The summed E-state index contributed by atoms with van der Waals surface area (Å²) in [6.45, 7) is 6.49. The number of hydrogen-bond donors (Lipinski definition) is 3. The van der Waals surface area contributed by atoms with Gasteiger partial charge in [-0.15, -0.1) is 0 Å². The van der Waals surface area contributed by atoms with Crippen LogP contribution in [0.25, 0.3) is 11.0 Å². The number of imidazole rings is 1. The number of aliphatic hydroxyl groups excluding tert-OH is 1. The number of nitrogens with zero attached hydrogens (tertiary/aromatic N) is 3. The molecule has 1 aromatic carbocycles. The highest BCUT2D eigenvalue weighted by Gasteiger charge is 2.37. The monoisotopic (exact) mass is 399 g/mol. The van der Waals surface area contributed by atoms with E-state index in [1.165, 1.54) is 0 Å². The van der Waals surface area contributed by atoms with Gasteiger partial charge in [0.25, 0.3) is 5.91 Å². The van der Waals surface area contributed by atoms with Crippen molar-refractivity contribution in [3.05, 3.63) is 29.6 Å². The number of piperazine rings is 1. The zero-order chi connectivity index (χ0) is 20.5. The molecule has 3 N–H and O–H groups in total. The maximum Gasteiger partial charge on any atom is 0.251 e. The molecular weight excluding hydrogens is 370 g/mol. The molecule has 29 heavy (non-hydrogen) atoms. The Balaban J connectivity index is 1.47. The molecule has 1 aliphatic carbocycles. The van der Waals surface area contributed by atoms with E-state index >= 15 is 0 Å². The Labute approximate surface area is 170 Å². The molecule has 2 fully saturated rings. The summed E-state index contributed by atoms with van der Waals surface area (Å²) < 4.78 is 2.11. The summed E-state index contributed by atoms with van der Waals surface area (Å²) >= 11 is 0. The fourth-order valence-corrected chi connectivity index (χ4v) is 4.70. The number of aliphatic hydroxyl groups is 1. The lowest BCUT2D eigenvalue weighted by atomic mass is 9.86. The number of nitrogens with one attached hydrogen (secondary N) is 2. The number of fused-ring (bicyclic) bond motifs is 1. The van der Waals surface area contributed by atoms with Crippen molar-refractivity contribution in [3.8, 4) is 0 Å². The Morgan fingerprint density at radius 1 is 1.38 bits per heavy atom. The Morgan fingerprint density at radius 2 is 2.21 bits per heavy atom. The molecule has 1 saturated heterocycles. The van der Waals surface area contributed by atoms with E-state index in [2.05, 4.69) is 27.1 Å². The topological polar surface area (TPSA) is 99.5 Å². The van der Waals surface area contributed by atoms with Crippen LogP contribution in [-0.2, 0) is 11.3 Å². The molecule has 2 aromatic rings. The minimum atomic E-state index is -0.691. The summed E-state index contributed by atoms with van der Waals surface area (Å²) in [4.78, 5) is 31.2. The highest BCUT2D eigenvalue weighted by atomic mass is 16.3. The second-order valence-corrected chi connectivity index (χ2v) is 8.00. The molecule has 156 valence electrons. The van der Waals surface area contributed by atoms with E-state index in [1.807, 2.05) is 30.0 Å².